The molecule has 0 unspecified atom stereocenters. The predicted molar refractivity (Wildman–Crippen MR) is 101 cm³/mol. The molecule has 0 aliphatic carbocycles. The second-order valence-corrected chi connectivity index (χ2v) is 6.47. The van der Waals surface area contributed by atoms with Gasteiger partial charge in [0.05, 0.1) is 16.8 Å². The van der Waals surface area contributed by atoms with E-state index in [9.17, 15) is 4.79 Å². The molecule has 1 aliphatic rings. The van der Waals surface area contributed by atoms with Gasteiger partial charge in [0.2, 0.25) is 0 Å². The van der Waals surface area contributed by atoms with Crippen molar-refractivity contribution in [2.24, 2.45) is 0 Å². The van der Waals surface area contributed by atoms with Gasteiger partial charge in [0.25, 0.3) is 5.91 Å². The van der Waals surface area contributed by atoms with E-state index in [1.54, 1.807) is 30.6 Å². The summed E-state index contributed by atoms with van der Waals surface area (Å²) in [5, 5.41) is 0. The van der Waals surface area contributed by atoms with Crippen LogP contribution in [0.2, 0.25) is 0 Å². The zero-order chi connectivity index (χ0) is 16.9. The smallest absolute Gasteiger partial charge is 0.270 e. The predicted octanol–water partition coefficient (Wildman–Crippen LogP) is 3.50. The molecule has 0 spiro atoms. The minimum atomic E-state index is -0.148. The van der Waals surface area contributed by atoms with E-state index >= 15 is 0 Å². The number of thiocarbonyl (C=S) groups is 1. The van der Waals surface area contributed by atoms with E-state index in [0.29, 0.717) is 20.7 Å². The summed E-state index contributed by atoms with van der Waals surface area (Å²) in [7, 11) is 0. The van der Waals surface area contributed by atoms with E-state index < -0.39 is 0 Å². The summed E-state index contributed by atoms with van der Waals surface area (Å²) in [4.78, 5) is 18.7. The molecule has 4 nitrogen and oxygen atoms in total. The lowest BCUT2D eigenvalue weighted by atomic mass is 10.2. The maximum Gasteiger partial charge on any atom is 0.270 e. The van der Waals surface area contributed by atoms with Crippen LogP contribution < -0.4 is 9.64 Å². The van der Waals surface area contributed by atoms with Gasteiger partial charge < -0.3 is 4.74 Å². The number of hydrogen-bond donors (Lipinski definition) is 0. The van der Waals surface area contributed by atoms with Gasteiger partial charge in [-0.15, -0.1) is 6.42 Å². The molecule has 2 aromatic rings. The largest absolute Gasteiger partial charge is 0.481 e. The number of carbonyl (C=O) groups is 1. The van der Waals surface area contributed by atoms with E-state index in [-0.39, 0.29) is 12.5 Å². The third-order valence-corrected chi connectivity index (χ3v) is 4.50. The zero-order valence-electron chi connectivity index (χ0n) is 12.5. The van der Waals surface area contributed by atoms with Crippen LogP contribution in [0.4, 0.5) is 5.69 Å². The number of amides is 1. The molecule has 1 aromatic carbocycles. The molecule has 1 saturated heterocycles. The molecule has 0 bridgehead atoms. The number of aromatic nitrogens is 1. The maximum atomic E-state index is 12.6. The Labute approximate surface area is 149 Å². The first-order valence-corrected chi connectivity index (χ1v) is 8.26. The molecule has 1 fully saturated rings. The topological polar surface area (TPSA) is 42.4 Å². The number of thioether (sulfide) groups is 1. The van der Waals surface area contributed by atoms with Gasteiger partial charge in [-0.25, -0.2) is 0 Å². The fourth-order valence-electron chi connectivity index (χ4n) is 2.11. The molecule has 0 radical (unpaired) electrons. The van der Waals surface area contributed by atoms with Crippen LogP contribution in [0.15, 0.2) is 53.7 Å². The fourth-order valence-corrected chi connectivity index (χ4v) is 3.41. The van der Waals surface area contributed by atoms with Crippen LogP contribution in [0.3, 0.4) is 0 Å². The van der Waals surface area contributed by atoms with Crippen molar-refractivity contribution >= 4 is 46.0 Å². The summed E-state index contributed by atoms with van der Waals surface area (Å²) >= 11 is 6.60. The number of hydrogen-bond acceptors (Lipinski definition) is 5. The van der Waals surface area contributed by atoms with E-state index in [4.69, 9.17) is 23.4 Å². The number of ether oxygens (including phenoxy) is 1. The van der Waals surface area contributed by atoms with E-state index in [1.165, 1.54) is 16.7 Å². The van der Waals surface area contributed by atoms with Crippen molar-refractivity contribution in [2.45, 2.75) is 0 Å². The van der Waals surface area contributed by atoms with Crippen LogP contribution >= 0.6 is 24.0 Å². The van der Waals surface area contributed by atoms with Gasteiger partial charge in [-0.2, -0.15) is 0 Å². The normalized spacial score (nSPS) is 15.6. The zero-order valence-corrected chi connectivity index (χ0v) is 14.1. The SMILES string of the molecule is C#CCOc1ccc(C=C2SC(=S)N(c3cccnc3)C2=O)cc1. The lowest BCUT2D eigenvalue weighted by molar-refractivity contribution is -0.113. The lowest BCUT2D eigenvalue weighted by Crippen LogP contribution is -2.27. The van der Waals surface area contributed by atoms with Crippen LogP contribution in [0, 0.1) is 12.3 Å². The quantitative estimate of drug-likeness (QED) is 0.479. The molecule has 3 rings (SSSR count). The Bertz CT molecular complexity index is 840. The van der Waals surface area contributed by atoms with Crippen molar-refractivity contribution in [1.82, 2.24) is 4.98 Å². The first kappa shape index (κ1) is 16.2. The van der Waals surface area contributed by atoms with Crippen molar-refractivity contribution in [1.29, 1.82) is 0 Å². The highest BCUT2D eigenvalue weighted by Crippen LogP contribution is 2.35. The second-order valence-electron chi connectivity index (χ2n) is 4.79. The van der Waals surface area contributed by atoms with E-state index in [0.717, 1.165) is 5.56 Å². The van der Waals surface area contributed by atoms with Crippen molar-refractivity contribution in [3.05, 3.63) is 59.3 Å². The summed E-state index contributed by atoms with van der Waals surface area (Å²) in [5.74, 6) is 2.95. The monoisotopic (exact) mass is 352 g/mol. The Balaban J connectivity index is 1.80. The van der Waals surface area contributed by atoms with Crippen molar-refractivity contribution < 1.29 is 9.53 Å². The van der Waals surface area contributed by atoms with Crippen LogP contribution in [0.5, 0.6) is 5.75 Å². The third-order valence-electron chi connectivity index (χ3n) is 3.20. The summed E-state index contributed by atoms with van der Waals surface area (Å²) in [6.07, 6.45) is 10.2. The summed E-state index contributed by atoms with van der Waals surface area (Å²) in [5.41, 5.74) is 1.55. The number of terminal acetylenes is 1. The molecule has 0 atom stereocenters. The number of benzene rings is 1. The van der Waals surface area contributed by atoms with Crippen molar-refractivity contribution in [2.75, 3.05) is 11.5 Å². The van der Waals surface area contributed by atoms with Gasteiger partial charge in [0.15, 0.2) is 4.32 Å². The van der Waals surface area contributed by atoms with Crippen molar-refractivity contribution in [3.63, 3.8) is 0 Å². The molecule has 1 amide bonds. The van der Waals surface area contributed by atoms with Crippen LogP contribution in [0.25, 0.3) is 6.08 Å². The number of nitrogens with zero attached hydrogens (tertiary/aromatic N) is 2. The summed E-state index contributed by atoms with van der Waals surface area (Å²) in [6.45, 7) is 0.225. The van der Waals surface area contributed by atoms with Gasteiger partial charge >= 0.3 is 0 Å². The van der Waals surface area contributed by atoms with Gasteiger partial charge in [-0.05, 0) is 35.9 Å². The second kappa shape index (κ2) is 7.30. The number of carbonyl (C=O) groups excluding carboxylic acids is 1. The van der Waals surface area contributed by atoms with Gasteiger partial charge in [-0.1, -0.05) is 42.0 Å². The minimum Gasteiger partial charge on any atom is -0.481 e. The van der Waals surface area contributed by atoms with Crippen molar-refractivity contribution in [3.8, 4) is 18.1 Å². The lowest BCUT2D eigenvalue weighted by Gasteiger charge is -2.13. The molecule has 6 heteroatoms. The Hall–Kier alpha value is -2.62. The average Bonchev–Trinajstić information content (AvgIpc) is 2.88. The Kier molecular flexibility index (Phi) is 4.94. The Morgan fingerprint density at radius 1 is 1.33 bits per heavy atom. The van der Waals surface area contributed by atoms with Gasteiger partial charge in [0, 0.05) is 6.20 Å². The van der Waals surface area contributed by atoms with Crippen LogP contribution in [0.1, 0.15) is 5.56 Å². The highest BCUT2D eigenvalue weighted by molar-refractivity contribution is 8.27. The standard InChI is InChI=1S/C18H12N2O2S2/c1-2-10-22-15-7-5-13(6-8-15)11-16-17(21)20(18(23)24-16)14-4-3-9-19-12-14/h1,3-9,11-12H,10H2. The molecule has 1 aliphatic heterocycles. The first-order valence-electron chi connectivity index (χ1n) is 7.03. The molecule has 118 valence electrons. The Morgan fingerprint density at radius 2 is 2.12 bits per heavy atom. The molecule has 1 aromatic heterocycles. The molecule has 2 heterocycles. The molecule has 0 saturated carbocycles. The molecular formula is C18H12N2O2S2. The molecule has 24 heavy (non-hydrogen) atoms. The highest BCUT2D eigenvalue weighted by Gasteiger charge is 2.33. The molecule has 0 N–H and O–H groups in total. The first-order chi connectivity index (χ1) is 11.7. The average molecular weight is 352 g/mol. The summed E-state index contributed by atoms with van der Waals surface area (Å²) < 4.78 is 5.82. The fraction of sp³-hybridized carbons (Fsp3) is 0.0556. The maximum absolute atomic E-state index is 12.6. The number of anilines is 1. The Morgan fingerprint density at radius 3 is 2.79 bits per heavy atom. The number of rotatable bonds is 4. The van der Waals surface area contributed by atoms with E-state index in [1.807, 2.05) is 24.3 Å². The highest BCUT2D eigenvalue weighted by atomic mass is 32.2. The van der Waals surface area contributed by atoms with Crippen LogP contribution in [-0.4, -0.2) is 21.8 Å². The minimum absolute atomic E-state index is 0.148. The van der Waals surface area contributed by atoms with Gasteiger partial charge in [-0.3, -0.25) is 14.7 Å². The third kappa shape index (κ3) is 3.48. The van der Waals surface area contributed by atoms with Gasteiger partial charge in [0.1, 0.15) is 12.4 Å². The number of pyridine rings is 1. The van der Waals surface area contributed by atoms with E-state index in [2.05, 4.69) is 10.9 Å². The molecular weight excluding hydrogens is 340 g/mol. The summed E-state index contributed by atoms with van der Waals surface area (Å²) in [6, 6.07) is 10.9. The van der Waals surface area contributed by atoms with Crippen LogP contribution in [-0.2, 0) is 4.79 Å².